The first-order chi connectivity index (χ1) is 13.6. The van der Waals surface area contributed by atoms with Gasteiger partial charge in [0.25, 0.3) is 11.8 Å². The SMILES string of the molecule is O=C(c1ccoc1)N1CCN2C(=O)c3cccnc3C[C@@]12c1ccc(Cl)cn1. The van der Waals surface area contributed by atoms with Gasteiger partial charge in [-0.2, -0.15) is 0 Å². The molecule has 28 heavy (non-hydrogen) atoms. The topological polar surface area (TPSA) is 79.5 Å². The standard InChI is InChI=1S/C20H15ClN4O3/c21-14-3-4-17(23-11-14)20-10-16-15(2-1-6-22-16)19(27)25(20)8-7-24(20)18(26)13-5-9-28-12-13/h1-6,9,11-12H,7-8,10H2/t20-/m1/s1. The van der Waals surface area contributed by atoms with E-state index >= 15 is 0 Å². The van der Waals surface area contributed by atoms with E-state index in [1.54, 1.807) is 46.3 Å². The van der Waals surface area contributed by atoms with Gasteiger partial charge in [-0.05, 0) is 30.3 Å². The Morgan fingerprint density at radius 1 is 1.18 bits per heavy atom. The van der Waals surface area contributed by atoms with Gasteiger partial charge < -0.3 is 14.2 Å². The minimum Gasteiger partial charge on any atom is -0.472 e. The molecule has 8 heteroatoms. The van der Waals surface area contributed by atoms with Gasteiger partial charge in [-0.3, -0.25) is 19.6 Å². The number of furan rings is 1. The number of rotatable bonds is 2. The Bertz CT molecular complexity index is 1070. The van der Waals surface area contributed by atoms with Crippen LogP contribution in [0.2, 0.25) is 5.02 Å². The summed E-state index contributed by atoms with van der Waals surface area (Å²) >= 11 is 6.03. The maximum atomic E-state index is 13.3. The van der Waals surface area contributed by atoms with Gasteiger partial charge in [0, 0.05) is 31.9 Å². The summed E-state index contributed by atoms with van der Waals surface area (Å²) < 4.78 is 5.09. The Morgan fingerprint density at radius 3 is 2.82 bits per heavy atom. The lowest BCUT2D eigenvalue weighted by molar-refractivity contribution is 0.00487. The Balaban J connectivity index is 1.71. The predicted octanol–water partition coefficient (Wildman–Crippen LogP) is 2.73. The number of halogens is 1. The summed E-state index contributed by atoms with van der Waals surface area (Å²) in [5.74, 6) is -0.381. The molecule has 0 aromatic carbocycles. The molecule has 3 aromatic heterocycles. The van der Waals surface area contributed by atoms with Crippen molar-refractivity contribution in [3.63, 3.8) is 0 Å². The maximum absolute atomic E-state index is 13.3. The minimum absolute atomic E-state index is 0.159. The maximum Gasteiger partial charge on any atom is 0.259 e. The van der Waals surface area contributed by atoms with Crippen molar-refractivity contribution < 1.29 is 14.0 Å². The van der Waals surface area contributed by atoms with Crippen LogP contribution < -0.4 is 0 Å². The van der Waals surface area contributed by atoms with Crippen LogP contribution in [0, 0.1) is 0 Å². The minimum atomic E-state index is -1.06. The molecule has 0 unspecified atom stereocenters. The Labute approximate surface area is 165 Å². The molecular weight excluding hydrogens is 380 g/mol. The van der Waals surface area contributed by atoms with Crippen molar-refractivity contribution in [1.82, 2.24) is 19.8 Å². The normalized spacial score (nSPS) is 20.8. The van der Waals surface area contributed by atoms with E-state index in [0.717, 1.165) is 0 Å². The fraction of sp³-hybridized carbons (Fsp3) is 0.200. The molecule has 7 nitrogen and oxygen atoms in total. The molecule has 0 radical (unpaired) electrons. The second kappa shape index (κ2) is 6.17. The van der Waals surface area contributed by atoms with Gasteiger partial charge in [-0.15, -0.1) is 0 Å². The van der Waals surface area contributed by atoms with Gasteiger partial charge in [0.15, 0.2) is 5.66 Å². The molecule has 140 valence electrons. The molecule has 1 atom stereocenters. The average Bonchev–Trinajstić information content (AvgIpc) is 3.37. The number of carbonyl (C=O) groups excluding carboxylic acids is 2. The molecule has 0 saturated carbocycles. The molecule has 1 fully saturated rings. The predicted molar refractivity (Wildman–Crippen MR) is 99.6 cm³/mol. The number of fused-ring (bicyclic) bond motifs is 2. The summed E-state index contributed by atoms with van der Waals surface area (Å²) in [6.07, 6.45) is 6.40. The molecule has 2 amide bonds. The van der Waals surface area contributed by atoms with Crippen molar-refractivity contribution in [3.8, 4) is 0 Å². The van der Waals surface area contributed by atoms with E-state index in [4.69, 9.17) is 16.0 Å². The van der Waals surface area contributed by atoms with Crippen molar-refractivity contribution >= 4 is 23.4 Å². The highest BCUT2D eigenvalue weighted by atomic mass is 35.5. The van der Waals surface area contributed by atoms with E-state index in [-0.39, 0.29) is 11.8 Å². The number of carbonyl (C=O) groups is 2. The zero-order valence-electron chi connectivity index (χ0n) is 14.7. The number of pyridine rings is 2. The zero-order valence-corrected chi connectivity index (χ0v) is 15.5. The lowest BCUT2D eigenvalue weighted by Gasteiger charge is -2.45. The molecule has 0 aliphatic carbocycles. The molecule has 2 aliphatic heterocycles. The number of nitrogens with zero attached hydrogens (tertiary/aromatic N) is 4. The van der Waals surface area contributed by atoms with E-state index < -0.39 is 5.66 Å². The van der Waals surface area contributed by atoms with E-state index in [0.29, 0.717) is 47.0 Å². The quantitative estimate of drug-likeness (QED) is 0.667. The molecule has 1 saturated heterocycles. The first-order valence-corrected chi connectivity index (χ1v) is 9.21. The Hall–Kier alpha value is -3.19. The van der Waals surface area contributed by atoms with Gasteiger partial charge >= 0.3 is 0 Å². The van der Waals surface area contributed by atoms with Crippen molar-refractivity contribution in [3.05, 3.63) is 82.8 Å². The van der Waals surface area contributed by atoms with Crippen LogP contribution in [0.3, 0.4) is 0 Å². The van der Waals surface area contributed by atoms with Gasteiger partial charge in [0.1, 0.15) is 6.26 Å². The summed E-state index contributed by atoms with van der Waals surface area (Å²) in [4.78, 5) is 38.9. The molecule has 2 aliphatic rings. The molecule has 5 heterocycles. The van der Waals surface area contributed by atoms with Crippen molar-refractivity contribution in [2.75, 3.05) is 13.1 Å². The summed E-state index contributed by atoms with van der Waals surface area (Å²) in [6, 6.07) is 8.61. The summed E-state index contributed by atoms with van der Waals surface area (Å²) in [5.41, 5.74) is 1.15. The number of amides is 2. The molecule has 0 bridgehead atoms. The van der Waals surface area contributed by atoms with E-state index in [2.05, 4.69) is 9.97 Å². The number of hydrogen-bond donors (Lipinski definition) is 0. The van der Waals surface area contributed by atoms with Crippen LogP contribution in [0.4, 0.5) is 0 Å². The van der Waals surface area contributed by atoms with Gasteiger partial charge in [0.2, 0.25) is 0 Å². The van der Waals surface area contributed by atoms with Crippen LogP contribution in [0.1, 0.15) is 32.1 Å². The fourth-order valence-electron chi connectivity index (χ4n) is 4.12. The van der Waals surface area contributed by atoms with Crippen LogP contribution in [0.15, 0.2) is 59.7 Å². The monoisotopic (exact) mass is 394 g/mol. The van der Waals surface area contributed by atoms with Crippen molar-refractivity contribution in [2.45, 2.75) is 12.1 Å². The number of hydrogen-bond acceptors (Lipinski definition) is 5. The van der Waals surface area contributed by atoms with Crippen LogP contribution in [-0.4, -0.2) is 44.7 Å². The average molecular weight is 395 g/mol. The third-order valence-electron chi connectivity index (χ3n) is 5.37. The first kappa shape index (κ1) is 16.9. The Kier molecular flexibility index (Phi) is 3.73. The molecule has 0 N–H and O–H groups in total. The second-order valence-corrected chi connectivity index (χ2v) is 7.21. The lowest BCUT2D eigenvalue weighted by Crippen LogP contribution is -2.59. The van der Waals surface area contributed by atoms with Crippen molar-refractivity contribution in [1.29, 1.82) is 0 Å². The Morgan fingerprint density at radius 2 is 2.07 bits per heavy atom. The van der Waals surface area contributed by atoms with Crippen LogP contribution >= 0.6 is 11.6 Å². The van der Waals surface area contributed by atoms with E-state index in [1.165, 1.54) is 18.7 Å². The second-order valence-electron chi connectivity index (χ2n) is 6.78. The summed E-state index contributed by atoms with van der Waals surface area (Å²) in [5, 5.41) is 0.484. The molecule has 5 rings (SSSR count). The summed E-state index contributed by atoms with van der Waals surface area (Å²) in [7, 11) is 0. The van der Waals surface area contributed by atoms with E-state index in [1.807, 2.05) is 0 Å². The lowest BCUT2D eigenvalue weighted by atomic mass is 9.88. The third kappa shape index (κ3) is 2.29. The summed E-state index contributed by atoms with van der Waals surface area (Å²) in [6.45, 7) is 0.787. The smallest absolute Gasteiger partial charge is 0.259 e. The highest BCUT2D eigenvalue weighted by Crippen LogP contribution is 2.44. The highest BCUT2D eigenvalue weighted by molar-refractivity contribution is 6.30. The van der Waals surface area contributed by atoms with Crippen LogP contribution in [0.5, 0.6) is 0 Å². The van der Waals surface area contributed by atoms with E-state index in [9.17, 15) is 9.59 Å². The van der Waals surface area contributed by atoms with Gasteiger partial charge in [-0.25, -0.2) is 0 Å². The van der Waals surface area contributed by atoms with Crippen LogP contribution in [0.25, 0.3) is 0 Å². The molecular formula is C20H15ClN4O3. The number of aromatic nitrogens is 2. The molecule has 0 spiro atoms. The highest BCUT2D eigenvalue weighted by Gasteiger charge is 2.57. The van der Waals surface area contributed by atoms with Gasteiger partial charge in [0.05, 0.1) is 33.8 Å². The molecule has 3 aromatic rings. The fourth-order valence-corrected chi connectivity index (χ4v) is 4.23. The largest absolute Gasteiger partial charge is 0.472 e. The zero-order chi connectivity index (χ0) is 19.3. The third-order valence-corrected chi connectivity index (χ3v) is 5.59. The van der Waals surface area contributed by atoms with Crippen molar-refractivity contribution in [2.24, 2.45) is 0 Å². The van der Waals surface area contributed by atoms with Crippen LogP contribution in [-0.2, 0) is 12.1 Å². The first-order valence-electron chi connectivity index (χ1n) is 8.83. The van der Waals surface area contributed by atoms with Gasteiger partial charge in [-0.1, -0.05) is 11.6 Å².